The Morgan fingerprint density at radius 3 is 2.68 bits per heavy atom. The van der Waals surface area contributed by atoms with E-state index in [2.05, 4.69) is 21.5 Å². The van der Waals surface area contributed by atoms with E-state index in [-0.39, 0.29) is 23.2 Å². The molecule has 2 N–H and O–H groups in total. The molecule has 0 bridgehead atoms. The summed E-state index contributed by atoms with van der Waals surface area (Å²) < 4.78 is 47.3. The number of nitrogens with zero attached hydrogens (tertiary/aromatic N) is 5. The highest BCUT2D eigenvalue weighted by Gasteiger charge is 2.47. The van der Waals surface area contributed by atoms with E-state index in [0.717, 1.165) is 12.8 Å². The number of aliphatic hydroxyl groups is 2. The largest absolute Gasteiger partial charge is 0.394 e. The lowest BCUT2D eigenvalue weighted by atomic mass is 9.85. The second-order valence-corrected chi connectivity index (χ2v) is 10.0. The first kappa shape index (κ1) is 26.4. The van der Waals surface area contributed by atoms with E-state index in [1.807, 2.05) is 0 Å². The van der Waals surface area contributed by atoms with E-state index < -0.39 is 54.1 Å². The van der Waals surface area contributed by atoms with E-state index in [1.165, 1.54) is 37.0 Å². The number of hydrogen-bond acceptors (Lipinski definition) is 9. The Morgan fingerprint density at radius 1 is 1.24 bits per heavy atom. The van der Waals surface area contributed by atoms with Crippen LogP contribution in [0.25, 0.3) is 11.3 Å². The highest BCUT2D eigenvalue weighted by Crippen LogP contribution is 2.41. The van der Waals surface area contributed by atoms with Crippen molar-refractivity contribution in [2.75, 3.05) is 13.7 Å². The molecule has 3 aromatic rings. The Kier molecular flexibility index (Phi) is 7.28. The lowest BCUT2D eigenvalue weighted by molar-refractivity contribution is -0.212. The topological polar surface area (TPSA) is 139 Å². The zero-order valence-corrected chi connectivity index (χ0v) is 21.0. The number of aryl methyl sites for hydroxylation is 1. The van der Waals surface area contributed by atoms with Crippen LogP contribution in [0.1, 0.15) is 48.7 Å². The molecular weight excluding hydrogens is 500 g/mol. The van der Waals surface area contributed by atoms with Crippen LogP contribution in [0.2, 0.25) is 0 Å². The van der Waals surface area contributed by atoms with Gasteiger partial charge in [-0.2, -0.15) is 5.26 Å². The summed E-state index contributed by atoms with van der Waals surface area (Å²) in [5, 5.41) is 43.0. The van der Waals surface area contributed by atoms with Crippen molar-refractivity contribution >= 4 is 0 Å². The van der Waals surface area contributed by atoms with Crippen LogP contribution in [0.5, 0.6) is 0 Å². The Hall–Kier alpha value is -3.24. The molecule has 202 valence electrons. The molecule has 1 saturated carbocycles. The van der Waals surface area contributed by atoms with Crippen molar-refractivity contribution in [2.24, 2.45) is 0 Å². The molecular formula is C26H29F2N5O5. The minimum atomic E-state index is -1.25. The average molecular weight is 530 g/mol. The summed E-state index contributed by atoms with van der Waals surface area (Å²) in [6, 6.07) is 6.12. The zero-order chi connectivity index (χ0) is 27.0. The van der Waals surface area contributed by atoms with Crippen molar-refractivity contribution in [3.05, 3.63) is 53.0 Å². The first-order chi connectivity index (χ1) is 18.3. The molecule has 1 aromatic carbocycles. The number of methoxy groups -OCH3 is 1. The molecule has 1 aliphatic heterocycles. The summed E-state index contributed by atoms with van der Waals surface area (Å²) in [5.74, 6) is -1.50. The number of rotatable bonds is 7. The molecule has 1 aliphatic carbocycles. The van der Waals surface area contributed by atoms with Gasteiger partial charge in [0.15, 0.2) is 17.4 Å². The predicted molar refractivity (Wildman–Crippen MR) is 128 cm³/mol. The van der Waals surface area contributed by atoms with Crippen LogP contribution in [-0.4, -0.2) is 68.5 Å². The van der Waals surface area contributed by atoms with Gasteiger partial charge in [0.05, 0.1) is 30.7 Å². The number of ether oxygens (including phenoxy) is 2. The van der Waals surface area contributed by atoms with Gasteiger partial charge in [0, 0.05) is 25.2 Å². The minimum absolute atomic E-state index is 0.0708. The molecule has 5 rings (SSSR count). The van der Waals surface area contributed by atoms with Crippen molar-refractivity contribution < 1.29 is 33.0 Å². The summed E-state index contributed by atoms with van der Waals surface area (Å²) in [7, 11) is 1.45. The van der Waals surface area contributed by atoms with Crippen molar-refractivity contribution in [1.29, 1.82) is 5.26 Å². The number of aliphatic hydroxyl groups excluding tert-OH is 2. The second-order valence-electron chi connectivity index (χ2n) is 10.0. The Labute approximate surface area is 217 Å². The summed E-state index contributed by atoms with van der Waals surface area (Å²) in [4.78, 5) is 0. The van der Waals surface area contributed by atoms with E-state index in [0.29, 0.717) is 24.3 Å². The van der Waals surface area contributed by atoms with Gasteiger partial charge in [-0.1, -0.05) is 29.3 Å². The van der Waals surface area contributed by atoms with Gasteiger partial charge in [-0.3, -0.25) is 0 Å². The van der Waals surface area contributed by atoms with Gasteiger partial charge in [0.2, 0.25) is 0 Å². The predicted octanol–water partition coefficient (Wildman–Crippen LogP) is 2.77. The van der Waals surface area contributed by atoms with E-state index in [4.69, 9.17) is 14.0 Å². The molecule has 0 radical (unpaired) electrons. The maximum absolute atomic E-state index is 14.6. The van der Waals surface area contributed by atoms with Crippen LogP contribution in [0.4, 0.5) is 8.78 Å². The zero-order valence-electron chi connectivity index (χ0n) is 21.0. The van der Waals surface area contributed by atoms with Gasteiger partial charge in [0.1, 0.15) is 35.5 Å². The second kappa shape index (κ2) is 10.5. The highest BCUT2D eigenvalue weighted by atomic mass is 19.2. The van der Waals surface area contributed by atoms with Crippen LogP contribution in [0.3, 0.4) is 0 Å². The molecule has 2 aromatic heterocycles. The third kappa shape index (κ3) is 4.49. The maximum Gasteiger partial charge on any atom is 0.168 e. The molecule has 38 heavy (non-hydrogen) atoms. The number of nitriles is 1. The molecule has 3 heterocycles. The Balaban J connectivity index is 1.43. The van der Waals surface area contributed by atoms with Crippen LogP contribution in [0, 0.1) is 29.9 Å². The SMILES string of the molecule is CO[C@@H]1[C@@H](n2cc(-c3ccc(C)c(F)c3F)nn2)[C@@H](O)[C@@H](CO)O[C@@H]1Cc1cc(C2(C#N)CCCC2)on1. The third-order valence-corrected chi connectivity index (χ3v) is 7.71. The Morgan fingerprint density at radius 2 is 2.00 bits per heavy atom. The highest BCUT2D eigenvalue weighted by molar-refractivity contribution is 5.59. The minimum Gasteiger partial charge on any atom is -0.394 e. The maximum atomic E-state index is 14.6. The quantitative estimate of drug-likeness (QED) is 0.473. The van der Waals surface area contributed by atoms with Gasteiger partial charge >= 0.3 is 0 Å². The summed E-state index contributed by atoms with van der Waals surface area (Å²) in [6.45, 7) is 0.979. The van der Waals surface area contributed by atoms with Crippen LogP contribution >= 0.6 is 0 Å². The molecule has 1 saturated heterocycles. The molecule has 2 aliphatic rings. The number of hydrogen-bond donors (Lipinski definition) is 2. The first-order valence-electron chi connectivity index (χ1n) is 12.5. The average Bonchev–Trinajstić information content (AvgIpc) is 3.69. The van der Waals surface area contributed by atoms with Crippen LogP contribution in [0.15, 0.2) is 28.9 Å². The van der Waals surface area contributed by atoms with Gasteiger partial charge in [0.25, 0.3) is 0 Å². The number of halogens is 2. The fraction of sp³-hybridized carbons (Fsp3) is 0.538. The molecule has 0 unspecified atom stereocenters. The van der Waals surface area contributed by atoms with Gasteiger partial charge < -0.3 is 24.2 Å². The molecule has 0 spiro atoms. The van der Waals surface area contributed by atoms with Gasteiger partial charge in [-0.25, -0.2) is 13.5 Å². The molecule has 12 heteroatoms. The standard InChI is InChI=1S/C26H29F2N5O5/c1-14-5-6-16(22(28)21(14)27)17-11-33(32-30-17)23-24(35)19(12-34)37-18(25(23)36-2)9-15-10-20(38-31-15)26(13-29)7-3-4-8-26/h5-6,10-11,18-19,23-25,34-35H,3-4,7-9,12H2,1-2H3/t18-,19-,23+,24+,25+/m1/s1. The van der Waals surface area contributed by atoms with E-state index >= 15 is 0 Å². The van der Waals surface area contributed by atoms with E-state index in [1.54, 1.807) is 6.07 Å². The molecule has 2 fully saturated rings. The van der Waals surface area contributed by atoms with E-state index in [9.17, 15) is 24.3 Å². The molecule has 0 amide bonds. The van der Waals surface area contributed by atoms with Gasteiger partial charge in [-0.15, -0.1) is 5.10 Å². The van der Waals surface area contributed by atoms with Crippen molar-refractivity contribution in [3.8, 4) is 17.3 Å². The normalized spacial score (nSPS) is 26.9. The lowest BCUT2D eigenvalue weighted by Gasteiger charge is -2.43. The summed E-state index contributed by atoms with van der Waals surface area (Å²) in [6.07, 6.45) is 1.21. The third-order valence-electron chi connectivity index (χ3n) is 7.71. The number of aromatic nitrogens is 4. The van der Waals surface area contributed by atoms with Crippen molar-refractivity contribution in [1.82, 2.24) is 20.2 Å². The van der Waals surface area contributed by atoms with Crippen LogP contribution in [-0.2, 0) is 21.3 Å². The monoisotopic (exact) mass is 529 g/mol. The fourth-order valence-electron chi connectivity index (χ4n) is 5.55. The van der Waals surface area contributed by atoms with Crippen molar-refractivity contribution in [2.45, 2.75) is 74.9 Å². The Bertz CT molecular complexity index is 1330. The summed E-state index contributed by atoms with van der Waals surface area (Å²) in [5.41, 5.74) is 0.0197. The molecule has 5 atom stereocenters. The van der Waals surface area contributed by atoms with Crippen LogP contribution < -0.4 is 0 Å². The van der Waals surface area contributed by atoms with Gasteiger partial charge in [-0.05, 0) is 31.4 Å². The van der Waals surface area contributed by atoms with Crippen molar-refractivity contribution in [3.63, 3.8) is 0 Å². The first-order valence-corrected chi connectivity index (χ1v) is 12.5. The molecule has 10 nitrogen and oxygen atoms in total. The fourth-order valence-corrected chi connectivity index (χ4v) is 5.55. The summed E-state index contributed by atoms with van der Waals surface area (Å²) >= 11 is 0. The smallest absolute Gasteiger partial charge is 0.168 e. The lowest BCUT2D eigenvalue weighted by Crippen LogP contribution is -2.57. The number of benzene rings is 1.